The summed E-state index contributed by atoms with van der Waals surface area (Å²) in [6.45, 7) is 4.61. The van der Waals surface area contributed by atoms with Gasteiger partial charge in [-0.1, -0.05) is 6.42 Å². The summed E-state index contributed by atoms with van der Waals surface area (Å²) in [5.74, 6) is 0.475. The number of aromatic nitrogens is 2. The molecule has 0 amide bonds. The van der Waals surface area contributed by atoms with Crippen molar-refractivity contribution in [2.24, 2.45) is 0 Å². The first-order valence-corrected chi connectivity index (χ1v) is 6.34. The smallest absolute Gasteiger partial charge is 0.293 e. The maximum Gasteiger partial charge on any atom is 0.293 e. The molecule has 1 fully saturated rings. The van der Waals surface area contributed by atoms with E-state index in [0.29, 0.717) is 18.4 Å². The van der Waals surface area contributed by atoms with Crippen LogP contribution in [-0.4, -0.2) is 28.7 Å². The van der Waals surface area contributed by atoms with Crippen molar-refractivity contribution in [1.29, 1.82) is 0 Å². The minimum atomic E-state index is -0.0285. The predicted molar refractivity (Wildman–Crippen MR) is 68.3 cm³/mol. The van der Waals surface area contributed by atoms with Crippen molar-refractivity contribution in [3.05, 3.63) is 22.7 Å². The summed E-state index contributed by atoms with van der Waals surface area (Å²) < 4.78 is 1.67. The Balaban J connectivity index is 2.09. The van der Waals surface area contributed by atoms with Crippen LogP contribution in [0.5, 0.6) is 0 Å². The zero-order valence-electron chi connectivity index (χ0n) is 10.3. The van der Waals surface area contributed by atoms with Gasteiger partial charge in [-0.3, -0.25) is 4.79 Å². The minimum Gasteiger partial charge on any atom is -0.361 e. The molecule has 1 aromatic heterocycles. The van der Waals surface area contributed by atoms with Crippen LogP contribution in [0.1, 0.15) is 26.2 Å². The first-order chi connectivity index (χ1) is 8.31. The van der Waals surface area contributed by atoms with E-state index in [0.717, 1.165) is 19.5 Å². The van der Waals surface area contributed by atoms with Gasteiger partial charge in [0, 0.05) is 31.5 Å². The first-order valence-electron chi connectivity index (χ1n) is 6.34. The van der Waals surface area contributed by atoms with E-state index >= 15 is 0 Å². The van der Waals surface area contributed by atoms with E-state index in [4.69, 9.17) is 0 Å². The van der Waals surface area contributed by atoms with Gasteiger partial charge in [0.2, 0.25) is 0 Å². The second-order valence-corrected chi connectivity index (χ2v) is 4.41. The molecule has 94 valence electrons. The van der Waals surface area contributed by atoms with Crippen molar-refractivity contribution >= 4 is 5.82 Å². The maximum absolute atomic E-state index is 12.0. The summed E-state index contributed by atoms with van der Waals surface area (Å²) in [7, 11) is 0. The number of nitrogens with one attached hydrogen (secondary N) is 2. The Morgan fingerprint density at radius 2 is 2.47 bits per heavy atom. The molecular weight excluding hydrogens is 216 g/mol. The molecule has 2 rings (SSSR count). The standard InChI is InChI=1S/C12H20N4O/c1-2-16-8-7-14-11(12(16)17)15-10-5-3-4-6-13-9-10/h7-8,10,13H,2-6,9H2,1H3,(H,14,15). The second kappa shape index (κ2) is 5.82. The Hall–Kier alpha value is -1.36. The molecule has 5 nitrogen and oxygen atoms in total. The highest BCUT2D eigenvalue weighted by molar-refractivity contribution is 5.32. The summed E-state index contributed by atoms with van der Waals surface area (Å²) in [5.41, 5.74) is -0.0285. The van der Waals surface area contributed by atoms with Crippen LogP contribution < -0.4 is 16.2 Å². The van der Waals surface area contributed by atoms with Crippen molar-refractivity contribution in [2.45, 2.75) is 38.8 Å². The van der Waals surface area contributed by atoms with E-state index in [1.165, 1.54) is 12.8 Å². The van der Waals surface area contributed by atoms with Crippen LogP contribution >= 0.6 is 0 Å². The van der Waals surface area contributed by atoms with Gasteiger partial charge in [-0.15, -0.1) is 0 Å². The number of aryl methyl sites for hydroxylation is 1. The number of rotatable bonds is 3. The third-order valence-electron chi connectivity index (χ3n) is 3.14. The molecule has 1 atom stereocenters. The Morgan fingerprint density at radius 3 is 3.29 bits per heavy atom. The van der Waals surface area contributed by atoms with Crippen LogP contribution in [-0.2, 0) is 6.54 Å². The lowest BCUT2D eigenvalue weighted by molar-refractivity contribution is 0.628. The average molecular weight is 236 g/mol. The molecule has 1 aromatic rings. The average Bonchev–Trinajstić information content (AvgIpc) is 2.60. The number of hydrogen-bond donors (Lipinski definition) is 2. The Labute approximate surface area is 101 Å². The SMILES string of the molecule is CCn1ccnc(NC2CCCCNC2)c1=O. The van der Waals surface area contributed by atoms with Crippen LogP contribution in [0.2, 0.25) is 0 Å². The van der Waals surface area contributed by atoms with Gasteiger partial charge in [-0.2, -0.15) is 0 Å². The fraction of sp³-hybridized carbons (Fsp3) is 0.667. The summed E-state index contributed by atoms with van der Waals surface area (Å²) in [5, 5.41) is 6.62. The summed E-state index contributed by atoms with van der Waals surface area (Å²) >= 11 is 0. The summed E-state index contributed by atoms with van der Waals surface area (Å²) in [4.78, 5) is 16.1. The van der Waals surface area contributed by atoms with E-state index in [-0.39, 0.29) is 5.56 Å². The number of hydrogen-bond acceptors (Lipinski definition) is 4. The van der Waals surface area contributed by atoms with Crippen molar-refractivity contribution in [2.75, 3.05) is 18.4 Å². The molecule has 0 aliphatic carbocycles. The van der Waals surface area contributed by atoms with E-state index in [9.17, 15) is 4.79 Å². The van der Waals surface area contributed by atoms with E-state index < -0.39 is 0 Å². The van der Waals surface area contributed by atoms with Gasteiger partial charge in [0.25, 0.3) is 5.56 Å². The molecule has 1 saturated heterocycles. The molecule has 1 aliphatic rings. The Bertz CT molecular complexity index is 407. The zero-order chi connectivity index (χ0) is 12.1. The monoisotopic (exact) mass is 236 g/mol. The van der Waals surface area contributed by atoms with Gasteiger partial charge < -0.3 is 15.2 Å². The van der Waals surface area contributed by atoms with Gasteiger partial charge in [-0.05, 0) is 26.3 Å². The largest absolute Gasteiger partial charge is 0.361 e. The zero-order valence-corrected chi connectivity index (χ0v) is 10.3. The molecule has 1 unspecified atom stereocenters. The second-order valence-electron chi connectivity index (χ2n) is 4.41. The highest BCUT2D eigenvalue weighted by Crippen LogP contribution is 2.07. The predicted octanol–water partition coefficient (Wildman–Crippen LogP) is 0.817. The van der Waals surface area contributed by atoms with Gasteiger partial charge >= 0.3 is 0 Å². The van der Waals surface area contributed by atoms with Crippen molar-refractivity contribution in [3.63, 3.8) is 0 Å². The quantitative estimate of drug-likeness (QED) is 0.815. The summed E-state index contributed by atoms with van der Waals surface area (Å²) in [6, 6.07) is 0.311. The highest BCUT2D eigenvalue weighted by Gasteiger charge is 2.13. The third-order valence-corrected chi connectivity index (χ3v) is 3.14. The molecule has 0 radical (unpaired) electrons. The van der Waals surface area contributed by atoms with Crippen molar-refractivity contribution in [3.8, 4) is 0 Å². The van der Waals surface area contributed by atoms with Crippen LogP contribution in [0.15, 0.2) is 17.2 Å². The van der Waals surface area contributed by atoms with Gasteiger partial charge in [-0.25, -0.2) is 4.98 Å². The summed E-state index contributed by atoms with van der Waals surface area (Å²) in [6.07, 6.45) is 6.89. The van der Waals surface area contributed by atoms with Crippen LogP contribution in [0.4, 0.5) is 5.82 Å². The normalized spacial score (nSPS) is 20.9. The van der Waals surface area contributed by atoms with Gasteiger partial charge in [0.1, 0.15) is 0 Å². The lowest BCUT2D eigenvalue weighted by Gasteiger charge is -2.16. The molecule has 0 bridgehead atoms. The first kappa shape index (κ1) is 12.1. The van der Waals surface area contributed by atoms with Gasteiger partial charge in [0.15, 0.2) is 5.82 Å². The van der Waals surface area contributed by atoms with E-state index in [1.54, 1.807) is 17.0 Å². The molecule has 17 heavy (non-hydrogen) atoms. The molecular formula is C12H20N4O. The number of nitrogens with zero attached hydrogens (tertiary/aromatic N) is 2. The van der Waals surface area contributed by atoms with Crippen LogP contribution in [0.25, 0.3) is 0 Å². The molecule has 5 heteroatoms. The van der Waals surface area contributed by atoms with E-state index in [2.05, 4.69) is 15.6 Å². The third kappa shape index (κ3) is 3.06. The topological polar surface area (TPSA) is 59.0 Å². The van der Waals surface area contributed by atoms with Gasteiger partial charge in [0.05, 0.1) is 0 Å². The minimum absolute atomic E-state index is 0.0285. The Kier molecular flexibility index (Phi) is 4.14. The molecule has 0 spiro atoms. The van der Waals surface area contributed by atoms with Crippen LogP contribution in [0.3, 0.4) is 0 Å². The fourth-order valence-electron chi connectivity index (χ4n) is 2.13. The fourth-order valence-corrected chi connectivity index (χ4v) is 2.13. The molecule has 0 saturated carbocycles. The lowest BCUT2D eigenvalue weighted by atomic mass is 10.1. The lowest BCUT2D eigenvalue weighted by Crippen LogP contribution is -2.34. The van der Waals surface area contributed by atoms with Crippen molar-refractivity contribution in [1.82, 2.24) is 14.9 Å². The molecule has 2 heterocycles. The van der Waals surface area contributed by atoms with Crippen molar-refractivity contribution < 1.29 is 0 Å². The molecule has 0 aromatic carbocycles. The molecule has 1 aliphatic heterocycles. The molecule has 2 N–H and O–H groups in total. The van der Waals surface area contributed by atoms with E-state index in [1.807, 2.05) is 6.92 Å². The number of anilines is 1. The highest BCUT2D eigenvalue weighted by atomic mass is 16.1. The van der Waals surface area contributed by atoms with Crippen LogP contribution in [0, 0.1) is 0 Å². The Morgan fingerprint density at radius 1 is 1.59 bits per heavy atom. The maximum atomic E-state index is 12.0.